The number of nitrogens with zero attached hydrogens (tertiary/aromatic N) is 4. The molecule has 0 aliphatic heterocycles. The van der Waals surface area contributed by atoms with Crippen molar-refractivity contribution in [3.63, 3.8) is 0 Å². The van der Waals surface area contributed by atoms with Gasteiger partial charge in [0.05, 0.1) is 16.9 Å². The van der Waals surface area contributed by atoms with Gasteiger partial charge in [0.15, 0.2) is 0 Å². The van der Waals surface area contributed by atoms with Crippen molar-refractivity contribution in [1.82, 2.24) is 19.7 Å². The molecule has 114 valence electrons. The van der Waals surface area contributed by atoms with Gasteiger partial charge < -0.3 is 10.2 Å². The molecular weight excluding hydrogens is 286 g/mol. The number of rotatable bonds is 5. The molecule has 21 heavy (non-hydrogen) atoms. The molecule has 2 aromatic heterocycles. The molecule has 0 aromatic carbocycles. The fourth-order valence-corrected chi connectivity index (χ4v) is 2.64. The number of hydrogen-bond donors (Lipinski definition) is 1. The Morgan fingerprint density at radius 3 is 2.81 bits per heavy atom. The van der Waals surface area contributed by atoms with Crippen molar-refractivity contribution in [3.8, 4) is 0 Å². The first-order valence-electron chi connectivity index (χ1n) is 6.93. The zero-order chi connectivity index (χ0) is 15.4. The molecular formula is C14H21N5OS. The Balaban J connectivity index is 1.90. The summed E-state index contributed by atoms with van der Waals surface area (Å²) in [4.78, 5) is 18.1. The second kappa shape index (κ2) is 6.71. The minimum atomic E-state index is -0.137. The van der Waals surface area contributed by atoms with Crippen LogP contribution in [0.3, 0.4) is 0 Å². The molecule has 0 saturated heterocycles. The van der Waals surface area contributed by atoms with E-state index < -0.39 is 0 Å². The van der Waals surface area contributed by atoms with Crippen LogP contribution in [0.5, 0.6) is 0 Å². The van der Waals surface area contributed by atoms with Crippen LogP contribution in [0.2, 0.25) is 0 Å². The van der Waals surface area contributed by atoms with Crippen LogP contribution in [0.15, 0.2) is 24.0 Å². The van der Waals surface area contributed by atoms with Crippen LogP contribution in [0.1, 0.15) is 37.7 Å². The van der Waals surface area contributed by atoms with Crippen molar-refractivity contribution in [2.45, 2.75) is 32.7 Å². The Morgan fingerprint density at radius 1 is 1.48 bits per heavy atom. The van der Waals surface area contributed by atoms with Gasteiger partial charge in [0.25, 0.3) is 0 Å². The monoisotopic (exact) mass is 307 g/mol. The van der Waals surface area contributed by atoms with Crippen LogP contribution in [0, 0.1) is 0 Å². The summed E-state index contributed by atoms with van der Waals surface area (Å²) in [6, 6.07) is 0.139. The highest BCUT2D eigenvalue weighted by Gasteiger charge is 2.16. The maximum atomic E-state index is 12.2. The Kier molecular flexibility index (Phi) is 4.95. The van der Waals surface area contributed by atoms with E-state index in [1.54, 1.807) is 35.7 Å². The number of carbonyl (C=O) groups excluding carboxylic acids is 1. The van der Waals surface area contributed by atoms with E-state index in [0.29, 0.717) is 12.2 Å². The largest absolute Gasteiger partial charge is 0.327 e. The molecule has 0 radical (unpaired) electrons. The average molecular weight is 307 g/mol. The van der Waals surface area contributed by atoms with Crippen LogP contribution in [0.25, 0.3) is 0 Å². The van der Waals surface area contributed by atoms with Crippen molar-refractivity contribution >= 4 is 23.1 Å². The third-order valence-electron chi connectivity index (χ3n) is 3.15. The molecule has 1 atom stereocenters. The lowest BCUT2D eigenvalue weighted by Gasteiger charge is -2.20. The van der Waals surface area contributed by atoms with Gasteiger partial charge in [-0.1, -0.05) is 6.92 Å². The van der Waals surface area contributed by atoms with Gasteiger partial charge in [-0.15, -0.1) is 11.3 Å². The second-order valence-electron chi connectivity index (χ2n) is 5.38. The molecule has 0 aliphatic rings. The summed E-state index contributed by atoms with van der Waals surface area (Å²) in [5, 5.41) is 10.1. The summed E-state index contributed by atoms with van der Waals surface area (Å²) >= 11 is 1.61. The smallest absolute Gasteiger partial charge is 0.321 e. The van der Waals surface area contributed by atoms with Crippen LogP contribution >= 0.6 is 11.3 Å². The fourth-order valence-electron chi connectivity index (χ4n) is 1.95. The van der Waals surface area contributed by atoms with Gasteiger partial charge in [-0.3, -0.25) is 4.68 Å². The number of aromatic nitrogens is 3. The second-order valence-corrected chi connectivity index (χ2v) is 6.31. The van der Waals surface area contributed by atoms with Gasteiger partial charge in [-0.25, -0.2) is 9.78 Å². The molecule has 2 aromatic rings. The molecule has 0 saturated carbocycles. The van der Waals surface area contributed by atoms with Gasteiger partial charge in [-0.05, 0) is 13.8 Å². The third-order valence-corrected chi connectivity index (χ3v) is 4.16. The molecule has 0 bridgehead atoms. The number of urea groups is 1. The van der Waals surface area contributed by atoms with Gasteiger partial charge in [0.2, 0.25) is 0 Å². The van der Waals surface area contributed by atoms with E-state index in [0.717, 1.165) is 5.01 Å². The Labute approximate surface area is 128 Å². The van der Waals surface area contributed by atoms with Crippen LogP contribution in [0.4, 0.5) is 10.5 Å². The molecule has 0 spiro atoms. The normalized spacial score (nSPS) is 12.4. The zero-order valence-corrected chi connectivity index (χ0v) is 13.6. The van der Waals surface area contributed by atoms with Gasteiger partial charge in [-0.2, -0.15) is 5.10 Å². The molecule has 2 amide bonds. The quantitative estimate of drug-likeness (QED) is 0.922. The first kappa shape index (κ1) is 15.5. The first-order valence-corrected chi connectivity index (χ1v) is 7.81. The summed E-state index contributed by atoms with van der Waals surface area (Å²) in [6.07, 6.45) is 5.29. The van der Waals surface area contributed by atoms with Crippen LogP contribution < -0.4 is 5.32 Å². The molecule has 2 heterocycles. The molecule has 0 aliphatic carbocycles. The van der Waals surface area contributed by atoms with Gasteiger partial charge >= 0.3 is 6.03 Å². The summed E-state index contributed by atoms with van der Waals surface area (Å²) in [5.74, 6) is 0.221. The standard InChI is InChI=1S/C14H21N5OS/c1-10(2)19-9-12(7-16-19)17-14(20)18(4)8-11(3)13-15-5-6-21-13/h5-7,9-11H,8H2,1-4H3,(H,17,20)/t11-/m1/s1. The van der Waals surface area contributed by atoms with E-state index in [9.17, 15) is 4.79 Å². The molecule has 6 nitrogen and oxygen atoms in total. The number of thiazole rings is 1. The number of carbonyl (C=O) groups is 1. The zero-order valence-electron chi connectivity index (χ0n) is 12.8. The van der Waals surface area contributed by atoms with Crippen molar-refractivity contribution in [2.24, 2.45) is 0 Å². The summed E-state index contributed by atoms with van der Waals surface area (Å²) in [6.45, 7) is 6.78. The number of anilines is 1. The topological polar surface area (TPSA) is 63.1 Å². The lowest BCUT2D eigenvalue weighted by Crippen LogP contribution is -2.34. The van der Waals surface area contributed by atoms with Crippen LogP contribution in [-0.2, 0) is 0 Å². The van der Waals surface area contributed by atoms with Crippen LogP contribution in [-0.4, -0.2) is 39.3 Å². The first-order chi connectivity index (χ1) is 9.97. The van der Waals surface area contributed by atoms with E-state index in [4.69, 9.17) is 0 Å². The van der Waals surface area contributed by atoms with E-state index in [2.05, 4.69) is 22.3 Å². The van der Waals surface area contributed by atoms with E-state index in [-0.39, 0.29) is 18.0 Å². The molecule has 7 heteroatoms. The SMILES string of the molecule is CC(C)n1cc(NC(=O)N(C)C[C@@H](C)c2nccs2)cn1. The highest BCUT2D eigenvalue weighted by Crippen LogP contribution is 2.18. The average Bonchev–Trinajstić information content (AvgIpc) is 3.09. The minimum absolute atomic E-state index is 0.137. The van der Waals surface area contributed by atoms with E-state index in [1.807, 2.05) is 30.1 Å². The molecule has 2 rings (SSSR count). The predicted molar refractivity (Wildman–Crippen MR) is 84.8 cm³/mol. The van der Waals surface area contributed by atoms with Gasteiger partial charge in [0, 0.05) is 43.3 Å². The highest BCUT2D eigenvalue weighted by molar-refractivity contribution is 7.09. The predicted octanol–water partition coefficient (Wildman–Crippen LogP) is 3.19. The van der Waals surface area contributed by atoms with Crippen molar-refractivity contribution < 1.29 is 4.79 Å². The maximum Gasteiger partial charge on any atom is 0.321 e. The van der Waals surface area contributed by atoms with E-state index >= 15 is 0 Å². The van der Waals surface area contributed by atoms with Gasteiger partial charge in [0.1, 0.15) is 0 Å². The molecule has 1 N–H and O–H groups in total. The lowest BCUT2D eigenvalue weighted by atomic mass is 10.2. The molecule has 0 fully saturated rings. The number of nitrogens with one attached hydrogen (secondary N) is 1. The summed E-state index contributed by atoms with van der Waals surface area (Å²) < 4.78 is 1.81. The molecule has 0 unspecified atom stereocenters. The number of hydrogen-bond acceptors (Lipinski definition) is 4. The Hall–Kier alpha value is -1.89. The van der Waals surface area contributed by atoms with Crippen molar-refractivity contribution in [2.75, 3.05) is 18.9 Å². The maximum absolute atomic E-state index is 12.2. The summed E-state index contributed by atoms with van der Waals surface area (Å²) in [5.41, 5.74) is 0.711. The number of likely N-dealkylation sites (N-methyl/N-ethyl adjacent to an activating group) is 1. The Morgan fingerprint density at radius 2 is 2.24 bits per heavy atom. The fraction of sp³-hybridized carbons (Fsp3) is 0.500. The van der Waals surface area contributed by atoms with Crippen molar-refractivity contribution in [1.29, 1.82) is 0 Å². The Bertz CT molecular complexity index is 578. The highest BCUT2D eigenvalue weighted by atomic mass is 32.1. The third kappa shape index (κ3) is 4.04. The number of amides is 2. The minimum Gasteiger partial charge on any atom is -0.327 e. The lowest BCUT2D eigenvalue weighted by molar-refractivity contribution is 0.220. The van der Waals surface area contributed by atoms with Crippen molar-refractivity contribution in [3.05, 3.63) is 29.0 Å². The van der Waals surface area contributed by atoms with E-state index in [1.165, 1.54) is 0 Å². The summed E-state index contributed by atoms with van der Waals surface area (Å²) in [7, 11) is 1.78.